The first-order valence-corrected chi connectivity index (χ1v) is 5.86. The number of hydrogen-bond acceptors (Lipinski definition) is 2. The van der Waals surface area contributed by atoms with Crippen molar-refractivity contribution in [3.8, 4) is 0 Å². The van der Waals surface area contributed by atoms with Gasteiger partial charge < -0.3 is 5.11 Å². The molecule has 98 valence electrons. The Kier molecular flexibility index (Phi) is 3.61. The number of benzene rings is 1. The molecule has 0 saturated carbocycles. The lowest BCUT2D eigenvalue weighted by Crippen LogP contribution is -2.50. The monoisotopic (exact) mass is 255 g/mol. The second kappa shape index (κ2) is 5.02. The van der Waals surface area contributed by atoms with Gasteiger partial charge >= 0.3 is 5.97 Å². The van der Waals surface area contributed by atoms with Gasteiger partial charge in [0, 0.05) is 6.54 Å². The van der Waals surface area contributed by atoms with Gasteiger partial charge in [0.2, 0.25) is 0 Å². The molecule has 1 aromatic rings. The van der Waals surface area contributed by atoms with Gasteiger partial charge in [0.25, 0.3) is 5.92 Å². The summed E-state index contributed by atoms with van der Waals surface area (Å²) in [5, 5.41) is 8.75. The molecular weight excluding hydrogens is 240 g/mol. The van der Waals surface area contributed by atoms with Gasteiger partial charge in [-0.05, 0) is 18.5 Å². The van der Waals surface area contributed by atoms with Crippen molar-refractivity contribution in [2.45, 2.75) is 18.9 Å². The molecule has 0 aliphatic carbocycles. The van der Waals surface area contributed by atoms with Gasteiger partial charge in [-0.2, -0.15) is 0 Å². The number of carboxylic acid groups (broad SMARTS) is 1. The zero-order chi connectivity index (χ0) is 13.2. The number of piperidine rings is 1. The highest BCUT2D eigenvalue weighted by molar-refractivity contribution is 5.71. The molecule has 3 nitrogen and oxygen atoms in total. The second-order valence-electron chi connectivity index (χ2n) is 4.64. The van der Waals surface area contributed by atoms with Crippen LogP contribution >= 0.6 is 0 Å². The number of rotatable bonds is 3. The Morgan fingerprint density at radius 3 is 2.61 bits per heavy atom. The van der Waals surface area contributed by atoms with E-state index in [0.29, 0.717) is 13.1 Å². The van der Waals surface area contributed by atoms with Crippen LogP contribution in [0.3, 0.4) is 0 Å². The Hall–Kier alpha value is -1.49. The van der Waals surface area contributed by atoms with Crippen molar-refractivity contribution in [1.82, 2.24) is 4.90 Å². The predicted molar refractivity (Wildman–Crippen MR) is 62.4 cm³/mol. The van der Waals surface area contributed by atoms with Crippen LogP contribution in [0.4, 0.5) is 8.78 Å². The molecule has 1 N–H and O–H groups in total. The molecule has 0 spiro atoms. The van der Waals surface area contributed by atoms with Gasteiger partial charge in [0.15, 0.2) is 0 Å². The molecule has 0 amide bonds. The van der Waals surface area contributed by atoms with E-state index in [1.807, 2.05) is 30.3 Å². The zero-order valence-electron chi connectivity index (χ0n) is 9.85. The van der Waals surface area contributed by atoms with Gasteiger partial charge in [-0.15, -0.1) is 0 Å². The Morgan fingerprint density at radius 2 is 2.06 bits per heavy atom. The van der Waals surface area contributed by atoms with Gasteiger partial charge in [-0.1, -0.05) is 30.3 Å². The van der Waals surface area contributed by atoms with E-state index in [1.54, 1.807) is 4.90 Å². The lowest BCUT2D eigenvalue weighted by molar-refractivity contribution is -0.167. The van der Waals surface area contributed by atoms with E-state index in [9.17, 15) is 13.6 Å². The molecule has 1 aromatic carbocycles. The molecule has 0 radical (unpaired) electrons. The highest BCUT2D eigenvalue weighted by atomic mass is 19.3. The van der Waals surface area contributed by atoms with E-state index in [0.717, 1.165) is 5.56 Å². The average Bonchev–Trinajstić information content (AvgIpc) is 2.28. The van der Waals surface area contributed by atoms with Crippen molar-refractivity contribution in [2.24, 2.45) is 5.92 Å². The number of halogens is 2. The Bertz CT molecular complexity index is 422. The van der Waals surface area contributed by atoms with Crippen LogP contribution in [0, 0.1) is 5.92 Å². The van der Waals surface area contributed by atoms with Crippen LogP contribution in [-0.4, -0.2) is 35.0 Å². The van der Waals surface area contributed by atoms with Crippen LogP contribution in [0.25, 0.3) is 0 Å². The molecule has 1 aliphatic heterocycles. The first-order chi connectivity index (χ1) is 8.49. The number of nitrogens with zero attached hydrogens (tertiary/aromatic N) is 1. The zero-order valence-corrected chi connectivity index (χ0v) is 9.85. The quantitative estimate of drug-likeness (QED) is 0.900. The van der Waals surface area contributed by atoms with Crippen LogP contribution in [0.5, 0.6) is 0 Å². The third kappa shape index (κ3) is 2.85. The van der Waals surface area contributed by atoms with E-state index in [1.165, 1.54) is 0 Å². The van der Waals surface area contributed by atoms with Crippen LogP contribution in [0.2, 0.25) is 0 Å². The van der Waals surface area contributed by atoms with E-state index in [4.69, 9.17) is 5.11 Å². The highest BCUT2D eigenvalue weighted by Crippen LogP contribution is 2.33. The third-order valence-corrected chi connectivity index (χ3v) is 3.23. The molecule has 5 heteroatoms. The molecule has 1 heterocycles. The first-order valence-electron chi connectivity index (χ1n) is 5.86. The summed E-state index contributed by atoms with van der Waals surface area (Å²) in [6, 6.07) is 9.34. The summed E-state index contributed by atoms with van der Waals surface area (Å²) in [5.41, 5.74) is 0.960. The van der Waals surface area contributed by atoms with Crippen molar-refractivity contribution < 1.29 is 18.7 Å². The minimum Gasteiger partial charge on any atom is -0.481 e. The van der Waals surface area contributed by atoms with E-state index >= 15 is 0 Å². The molecule has 2 rings (SSSR count). The number of carbonyl (C=O) groups is 1. The normalized spacial score (nSPS) is 23.8. The molecule has 0 bridgehead atoms. The third-order valence-electron chi connectivity index (χ3n) is 3.23. The van der Waals surface area contributed by atoms with Gasteiger partial charge in [0.1, 0.15) is 5.92 Å². The summed E-state index contributed by atoms with van der Waals surface area (Å²) in [4.78, 5) is 12.3. The van der Waals surface area contributed by atoms with Gasteiger partial charge in [-0.3, -0.25) is 9.69 Å². The second-order valence-corrected chi connectivity index (χ2v) is 4.64. The summed E-state index contributed by atoms with van der Waals surface area (Å²) < 4.78 is 27.3. The summed E-state index contributed by atoms with van der Waals surface area (Å²) in [6.45, 7) is 0.336. The van der Waals surface area contributed by atoms with E-state index in [2.05, 4.69) is 0 Å². The van der Waals surface area contributed by atoms with Gasteiger partial charge in [-0.25, -0.2) is 8.78 Å². The van der Waals surface area contributed by atoms with Crippen LogP contribution in [0.1, 0.15) is 12.0 Å². The summed E-state index contributed by atoms with van der Waals surface area (Å²) in [7, 11) is 0. The molecule has 1 aliphatic rings. The number of aliphatic carboxylic acids is 1. The predicted octanol–water partition coefficient (Wildman–Crippen LogP) is 2.23. The molecule has 1 saturated heterocycles. The Balaban J connectivity index is 2.01. The lowest BCUT2D eigenvalue weighted by atomic mass is 9.92. The summed E-state index contributed by atoms with van der Waals surface area (Å²) >= 11 is 0. The van der Waals surface area contributed by atoms with Crippen molar-refractivity contribution in [3.05, 3.63) is 35.9 Å². The molecule has 1 atom stereocenters. The van der Waals surface area contributed by atoms with Crippen LogP contribution in [-0.2, 0) is 11.3 Å². The number of likely N-dealkylation sites (tertiary alicyclic amines) is 1. The lowest BCUT2D eigenvalue weighted by Gasteiger charge is -2.36. The fourth-order valence-corrected chi connectivity index (χ4v) is 2.29. The van der Waals surface area contributed by atoms with Gasteiger partial charge in [0.05, 0.1) is 6.54 Å². The average molecular weight is 255 g/mol. The maximum Gasteiger partial charge on any atom is 0.312 e. The molecular formula is C13H15F2NO2. The maximum atomic E-state index is 13.6. The standard InChI is InChI=1S/C13H15F2NO2/c14-13(15)9-16(7-6-11(13)12(17)18)8-10-4-2-1-3-5-10/h1-5,11H,6-9H2,(H,17,18). The number of hydrogen-bond donors (Lipinski definition) is 1. The molecule has 0 aromatic heterocycles. The van der Waals surface area contributed by atoms with Crippen LogP contribution < -0.4 is 0 Å². The van der Waals surface area contributed by atoms with Crippen LogP contribution in [0.15, 0.2) is 30.3 Å². The minimum atomic E-state index is -3.15. The van der Waals surface area contributed by atoms with Crippen molar-refractivity contribution in [2.75, 3.05) is 13.1 Å². The number of carboxylic acids is 1. The largest absolute Gasteiger partial charge is 0.481 e. The Labute approximate surface area is 104 Å². The summed E-state index contributed by atoms with van der Waals surface area (Å²) in [5.74, 6) is -6.11. The molecule has 1 fully saturated rings. The number of alkyl halides is 2. The van der Waals surface area contributed by atoms with Crippen molar-refractivity contribution >= 4 is 5.97 Å². The van der Waals surface area contributed by atoms with Crippen molar-refractivity contribution in [1.29, 1.82) is 0 Å². The van der Waals surface area contributed by atoms with E-state index < -0.39 is 24.4 Å². The fraction of sp³-hybridized carbons (Fsp3) is 0.462. The smallest absolute Gasteiger partial charge is 0.312 e. The maximum absolute atomic E-state index is 13.6. The minimum absolute atomic E-state index is 0.00479. The topological polar surface area (TPSA) is 40.5 Å². The first kappa shape index (κ1) is 13.0. The Morgan fingerprint density at radius 1 is 1.39 bits per heavy atom. The van der Waals surface area contributed by atoms with E-state index in [-0.39, 0.29) is 6.42 Å². The fourth-order valence-electron chi connectivity index (χ4n) is 2.29. The molecule has 1 unspecified atom stereocenters. The SMILES string of the molecule is O=C(O)C1CCN(Cc2ccccc2)CC1(F)F. The highest BCUT2D eigenvalue weighted by Gasteiger charge is 2.48. The summed E-state index contributed by atoms with van der Waals surface area (Å²) in [6.07, 6.45) is -0.00479. The van der Waals surface area contributed by atoms with Crippen molar-refractivity contribution in [3.63, 3.8) is 0 Å². The molecule has 18 heavy (non-hydrogen) atoms.